The van der Waals surface area contributed by atoms with Crippen LogP contribution in [0.1, 0.15) is 16.8 Å². The number of methoxy groups -OCH3 is 1. The van der Waals surface area contributed by atoms with Gasteiger partial charge in [-0.2, -0.15) is 0 Å². The van der Waals surface area contributed by atoms with Crippen LogP contribution in [0, 0.1) is 0 Å². The summed E-state index contributed by atoms with van der Waals surface area (Å²) < 4.78 is 27.3. The minimum absolute atomic E-state index is 0.222. The van der Waals surface area contributed by atoms with E-state index in [1.807, 2.05) is 0 Å². The Balaban J connectivity index is 3.03. The summed E-state index contributed by atoms with van der Waals surface area (Å²) in [5.74, 6) is -0.606. The lowest BCUT2D eigenvalue weighted by molar-refractivity contribution is 0.0583. The maximum Gasteiger partial charge on any atom is 0.340 e. The second-order valence-electron chi connectivity index (χ2n) is 4.35. The molecule has 0 saturated heterocycles. The first-order valence-corrected chi connectivity index (χ1v) is 9.16. The molecule has 0 aliphatic heterocycles. The van der Waals surface area contributed by atoms with Gasteiger partial charge in [0.1, 0.15) is 6.10 Å². The fourth-order valence-corrected chi connectivity index (χ4v) is 4.26. The Morgan fingerprint density at radius 1 is 1.10 bits per heavy atom. The summed E-state index contributed by atoms with van der Waals surface area (Å²) >= 11 is 0. The number of rotatable bonds is 7. The van der Waals surface area contributed by atoms with Crippen LogP contribution in [-0.4, -0.2) is 44.0 Å². The van der Waals surface area contributed by atoms with Gasteiger partial charge in [-0.25, -0.2) is 0 Å². The number of carbonyl (C=O) groups is 1. The molecule has 1 unspecified atom stereocenters. The SMILES string of the molecule is COC(CC(P(=O)(O)O)P(=O)(O)O)C(=O)c1ccccc1. The lowest BCUT2D eigenvalue weighted by Gasteiger charge is -2.23. The predicted octanol–water partition coefficient (Wildman–Crippen LogP) is 0.956. The van der Waals surface area contributed by atoms with E-state index in [2.05, 4.69) is 0 Å². The first kappa shape index (κ1) is 18.2. The Labute approximate surface area is 121 Å². The molecule has 4 N–H and O–H groups in total. The number of ether oxygens (including phenoxy) is 1. The summed E-state index contributed by atoms with van der Waals surface area (Å²) in [6.45, 7) is 0. The molecule has 10 heteroatoms. The molecule has 0 aliphatic rings. The van der Waals surface area contributed by atoms with E-state index in [0.29, 0.717) is 0 Å². The van der Waals surface area contributed by atoms with Crippen LogP contribution in [0.25, 0.3) is 0 Å². The Bertz CT molecular complexity index is 553. The molecule has 0 spiro atoms. The second kappa shape index (κ2) is 6.94. The average Bonchev–Trinajstić information content (AvgIpc) is 2.37. The third-order valence-electron chi connectivity index (χ3n) is 2.84. The zero-order valence-corrected chi connectivity index (χ0v) is 12.9. The van der Waals surface area contributed by atoms with Gasteiger partial charge in [-0.3, -0.25) is 13.9 Å². The van der Waals surface area contributed by atoms with Crippen LogP contribution in [0.2, 0.25) is 0 Å². The highest BCUT2D eigenvalue weighted by atomic mass is 31.2. The fourth-order valence-electron chi connectivity index (χ4n) is 1.76. The second-order valence-corrected chi connectivity index (χ2v) is 8.36. The molecule has 118 valence electrons. The molecule has 1 aromatic carbocycles. The molecular formula is C11H16O8P2. The van der Waals surface area contributed by atoms with Gasteiger partial charge in [-0.15, -0.1) is 0 Å². The quantitative estimate of drug-likeness (QED) is 0.425. The molecule has 1 aromatic rings. The summed E-state index contributed by atoms with van der Waals surface area (Å²) in [5.41, 5.74) is 0.222. The summed E-state index contributed by atoms with van der Waals surface area (Å²) in [5, 5.41) is -2.28. The Hall–Kier alpha value is -0.850. The average molecular weight is 338 g/mol. The van der Waals surface area contributed by atoms with Crippen molar-refractivity contribution in [3.8, 4) is 0 Å². The molecule has 0 amide bonds. The summed E-state index contributed by atoms with van der Waals surface area (Å²) in [6, 6.07) is 7.79. The van der Waals surface area contributed by atoms with Crippen LogP contribution in [0.15, 0.2) is 30.3 Å². The Kier molecular flexibility index (Phi) is 6.01. The van der Waals surface area contributed by atoms with E-state index >= 15 is 0 Å². The van der Waals surface area contributed by atoms with Crippen LogP contribution < -0.4 is 0 Å². The van der Waals surface area contributed by atoms with Crippen molar-refractivity contribution in [2.45, 2.75) is 17.9 Å². The van der Waals surface area contributed by atoms with Crippen molar-refractivity contribution < 1.29 is 38.2 Å². The van der Waals surface area contributed by atoms with Gasteiger partial charge in [0.05, 0.1) is 0 Å². The van der Waals surface area contributed by atoms with Gasteiger partial charge in [-0.05, 0) is 0 Å². The highest BCUT2D eigenvalue weighted by Crippen LogP contribution is 2.61. The summed E-state index contributed by atoms with van der Waals surface area (Å²) in [4.78, 5) is 48.4. The highest BCUT2D eigenvalue weighted by molar-refractivity contribution is 7.70. The normalized spacial score (nSPS) is 14.2. The number of Topliss-reactive ketones (excluding diaryl/α,β-unsaturated/α-hetero) is 1. The van der Waals surface area contributed by atoms with E-state index in [9.17, 15) is 13.9 Å². The Morgan fingerprint density at radius 2 is 1.57 bits per heavy atom. The van der Waals surface area contributed by atoms with E-state index in [1.165, 1.54) is 12.1 Å². The van der Waals surface area contributed by atoms with Gasteiger partial charge in [-0.1, -0.05) is 30.3 Å². The van der Waals surface area contributed by atoms with Crippen molar-refractivity contribution in [1.82, 2.24) is 0 Å². The van der Waals surface area contributed by atoms with Gasteiger partial charge in [0.15, 0.2) is 11.2 Å². The molecule has 0 aromatic heterocycles. The third-order valence-corrected chi connectivity index (χ3v) is 6.62. The summed E-state index contributed by atoms with van der Waals surface area (Å²) in [7, 11) is -9.06. The molecule has 0 bridgehead atoms. The molecule has 1 atom stereocenters. The van der Waals surface area contributed by atoms with E-state index in [1.54, 1.807) is 18.2 Å². The number of benzene rings is 1. The lowest BCUT2D eigenvalue weighted by atomic mass is 10.0. The van der Waals surface area contributed by atoms with Crippen LogP contribution in [0.5, 0.6) is 0 Å². The number of ketones is 1. The lowest BCUT2D eigenvalue weighted by Crippen LogP contribution is -2.28. The molecule has 21 heavy (non-hydrogen) atoms. The molecular weight excluding hydrogens is 322 g/mol. The minimum atomic E-state index is -5.09. The van der Waals surface area contributed by atoms with Crippen molar-refractivity contribution in [3.63, 3.8) is 0 Å². The van der Waals surface area contributed by atoms with Gasteiger partial charge in [0.2, 0.25) is 0 Å². The monoisotopic (exact) mass is 338 g/mol. The minimum Gasteiger partial charge on any atom is -0.373 e. The number of hydrogen-bond acceptors (Lipinski definition) is 4. The predicted molar refractivity (Wildman–Crippen MR) is 74.1 cm³/mol. The van der Waals surface area contributed by atoms with Crippen molar-refractivity contribution in [2.24, 2.45) is 0 Å². The van der Waals surface area contributed by atoms with Gasteiger partial charge in [0, 0.05) is 19.1 Å². The third kappa shape index (κ3) is 5.13. The van der Waals surface area contributed by atoms with Gasteiger partial charge < -0.3 is 24.3 Å². The topological polar surface area (TPSA) is 141 Å². The zero-order valence-electron chi connectivity index (χ0n) is 11.1. The number of hydrogen-bond donors (Lipinski definition) is 4. The first-order chi connectivity index (χ1) is 9.57. The van der Waals surface area contributed by atoms with Crippen LogP contribution in [0.4, 0.5) is 0 Å². The van der Waals surface area contributed by atoms with Crippen molar-refractivity contribution >= 4 is 21.0 Å². The molecule has 0 radical (unpaired) electrons. The molecule has 0 fully saturated rings. The Morgan fingerprint density at radius 3 is 1.95 bits per heavy atom. The molecule has 1 rings (SSSR count). The van der Waals surface area contributed by atoms with E-state index in [0.717, 1.165) is 7.11 Å². The van der Waals surface area contributed by atoms with E-state index < -0.39 is 38.9 Å². The van der Waals surface area contributed by atoms with Gasteiger partial charge >= 0.3 is 15.2 Å². The van der Waals surface area contributed by atoms with Crippen LogP contribution in [-0.2, 0) is 13.9 Å². The van der Waals surface area contributed by atoms with Crippen molar-refractivity contribution in [2.75, 3.05) is 7.11 Å². The van der Waals surface area contributed by atoms with Crippen molar-refractivity contribution in [3.05, 3.63) is 35.9 Å². The van der Waals surface area contributed by atoms with Crippen LogP contribution in [0.3, 0.4) is 0 Å². The maximum absolute atomic E-state index is 12.1. The van der Waals surface area contributed by atoms with Crippen LogP contribution >= 0.6 is 15.2 Å². The standard InChI is InChI=1S/C11H16O8P2/c1-19-9(11(12)8-5-3-2-4-6-8)7-10(20(13,14)15)21(16,17)18/h2-6,9-10H,7H2,1H3,(H2,13,14,15)(H2,16,17,18). The van der Waals surface area contributed by atoms with Gasteiger partial charge in [0.25, 0.3) is 0 Å². The molecule has 0 heterocycles. The smallest absolute Gasteiger partial charge is 0.340 e. The summed E-state index contributed by atoms with van der Waals surface area (Å²) in [6.07, 6.45) is -2.14. The molecule has 0 saturated carbocycles. The fraction of sp³-hybridized carbons (Fsp3) is 0.364. The molecule has 8 nitrogen and oxygen atoms in total. The maximum atomic E-state index is 12.1. The molecule has 0 aliphatic carbocycles. The number of carbonyl (C=O) groups excluding carboxylic acids is 1. The zero-order chi connectivity index (χ0) is 16.3. The van der Waals surface area contributed by atoms with E-state index in [4.69, 9.17) is 24.3 Å². The first-order valence-electron chi connectivity index (χ1n) is 5.80. The van der Waals surface area contributed by atoms with E-state index in [-0.39, 0.29) is 5.56 Å². The largest absolute Gasteiger partial charge is 0.373 e. The highest BCUT2D eigenvalue weighted by Gasteiger charge is 2.45. The van der Waals surface area contributed by atoms with Crippen molar-refractivity contribution in [1.29, 1.82) is 0 Å².